The molecule has 0 radical (unpaired) electrons. The molecule has 1 N–H and O–H groups in total. The van der Waals surface area contributed by atoms with Gasteiger partial charge in [-0.2, -0.15) is 0 Å². The molecule has 0 heterocycles. The quantitative estimate of drug-likeness (QED) is 0.593. The van der Waals surface area contributed by atoms with Gasteiger partial charge in [-0.3, -0.25) is 0 Å². The summed E-state index contributed by atoms with van der Waals surface area (Å²) in [5, 5.41) is 10.3. The number of phenols is 1. The van der Waals surface area contributed by atoms with Gasteiger partial charge in [0.25, 0.3) is 0 Å². The third-order valence-corrected chi connectivity index (χ3v) is 4.82. The molecule has 0 atom stereocenters. The standard InChI is InChI=1S/C20H34O/c1-7-9-13-19(3,4)16-11-12-18(21)17(15-16)20(5,6)14-10-8-2/h11-12,15,21H,7-10,13-14H2,1-6H3. The molecular weight excluding hydrogens is 256 g/mol. The molecule has 0 aliphatic carbocycles. The highest BCUT2D eigenvalue weighted by molar-refractivity contribution is 5.43. The van der Waals surface area contributed by atoms with Crippen LogP contribution in [-0.2, 0) is 10.8 Å². The number of hydrogen-bond acceptors (Lipinski definition) is 1. The van der Waals surface area contributed by atoms with Crippen molar-refractivity contribution < 1.29 is 5.11 Å². The number of unbranched alkanes of at least 4 members (excludes halogenated alkanes) is 2. The summed E-state index contributed by atoms with van der Waals surface area (Å²) in [6.07, 6.45) is 7.21. The molecule has 0 saturated carbocycles. The Balaban J connectivity index is 3.09. The summed E-state index contributed by atoms with van der Waals surface area (Å²) in [4.78, 5) is 0. The fourth-order valence-electron chi connectivity index (χ4n) is 3.02. The topological polar surface area (TPSA) is 20.2 Å². The summed E-state index contributed by atoms with van der Waals surface area (Å²) in [6.45, 7) is 13.6. The molecule has 0 aliphatic heterocycles. The van der Waals surface area contributed by atoms with Gasteiger partial charge in [-0.1, -0.05) is 79.4 Å². The largest absolute Gasteiger partial charge is 0.508 e. The summed E-state index contributed by atoms with van der Waals surface area (Å²) in [5.74, 6) is 0.450. The first kappa shape index (κ1) is 18.1. The normalized spacial score (nSPS) is 12.7. The lowest BCUT2D eigenvalue weighted by molar-refractivity contribution is 0.406. The van der Waals surface area contributed by atoms with Gasteiger partial charge in [-0.25, -0.2) is 0 Å². The van der Waals surface area contributed by atoms with E-state index in [2.05, 4.69) is 53.7 Å². The van der Waals surface area contributed by atoms with Gasteiger partial charge >= 0.3 is 0 Å². The number of aromatic hydroxyl groups is 1. The van der Waals surface area contributed by atoms with E-state index in [0.29, 0.717) is 5.75 Å². The number of phenolic OH excluding ortho intramolecular Hbond substituents is 1. The maximum atomic E-state index is 10.3. The summed E-state index contributed by atoms with van der Waals surface area (Å²) in [6, 6.07) is 6.25. The lowest BCUT2D eigenvalue weighted by Crippen LogP contribution is -2.21. The monoisotopic (exact) mass is 290 g/mol. The minimum atomic E-state index is 0.0386. The second-order valence-corrected chi connectivity index (χ2v) is 7.71. The van der Waals surface area contributed by atoms with Crippen molar-refractivity contribution in [2.75, 3.05) is 0 Å². The average molecular weight is 290 g/mol. The fraction of sp³-hybridized carbons (Fsp3) is 0.700. The van der Waals surface area contributed by atoms with Crippen molar-refractivity contribution in [1.82, 2.24) is 0 Å². The van der Waals surface area contributed by atoms with Crippen molar-refractivity contribution in [3.05, 3.63) is 29.3 Å². The molecule has 0 aliphatic rings. The predicted molar refractivity (Wildman–Crippen MR) is 93.2 cm³/mol. The van der Waals surface area contributed by atoms with Gasteiger partial charge in [0.2, 0.25) is 0 Å². The summed E-state index contributed by atoms with van der Waals surface area (Å²) in [5.41, 5.74) is 2.68. The highest BCUT2D eigenvalue weighted by Crippen LogP contribution is 2.39. The van der Waals surface area contributed by atoms with Gasteiger partial charge in [0, 0.05) is 0 Å². The minimum absolute atomic E-state index is 0.0386. The Kier molecular flexibility index (Phi) is 6.31. The van der Waals surface area contributed by atoms with Crippen LogP contribution in [-0.4, -0.2) is 5.11 Å². The van der Waals surface area contributed by atoms with E-state index in [1.807, 2.05) is 6.07 Å². The van der Waals surface area contributed by atoms with Crippen LogP contribution in [0.4, 0.5) is 0 Å². The van der Waals surface area contributed by atoms with Crippen LogP contribution in [0, 0.1) is 0 Å². The van der Waals surface area contributed by atoms with Crippen LogP contribution in [0.25, 0.3) is 0 Å². The molecule has 1 heteroatoms. The molecule has 0 spiro atoms. The first-order valence-corrected chi connectivity index (χ1v) is 8.58. The Labute approximate surface area is 131 Å². The van der Waals surface area contributed by atoms with E-state index in [-0.39, 0.29) is 10.8 Å². The van der Waals surface area contributed by atoms with Crippen LogP contribution in [0.15, 0.2) is 18.2 Å². The minimum Gasteiger partial charge on any atom is -0.508 e. The Hall–Kier alpha value is -0.980. The maximum absolute atomic E-state index is 10.3. The fourth-order valence-corrected chi connectivity index (χ4v) is 3.02. The van der Waals surface area contributed by atoms with E-state index in [4.69, 9.17) is 0 Å². The van der Waals surface area contributed by atoms with Gasteiger partial charge in [-0.15, -0.1) is 0 Å². The van der Waals surface area contributed by atoms with E-state index in [1.54, 1.807) is 0 Å². The third-order valence-electron chi connectivity index (χ3n) is 4.82. The summed E-state index contributed by atoms with van der Waals surface area (Å²) in [7, 11) is 0. The van der Waals surface area contributed by atoms with Crippen molar-refractivity contribution in [2.45, 2.75) is 90.9 Å². The molecule has 0 bridgehead atoms. The first-order valence-electron chi connectivity index (χ1n) is 8.58. The lowest BCUT2D eigenvalue weighted by atomic mass is 9.74. The van der Waals surface area contributed by atoms with Crippen LogP contribution in [0.3, 0.4) is 0 Å². The Morgan fingerprint density at radius 2 is 1.38 bits per heavy atom. The van der Waals surface area contributed by atoms with E-state index >= 15 is 0 Å². The smallest absolute Gasteiger partial charge is 0.119 e. The molecule has 21 heavy (non-hydrogen) atoms. The number of rotatable bonds is 8. The van der Waals surface area contributed by atoms with Crippen LogP contribution < -0.4 is 0 Å². The summed E-state index contributed by atoms with van der Waals surface area (Å²) < 4.78 is 0. The molecule has 0 aromatic heterocycles. The third kappa shape index (κ3) is 4.76. The van der Waals surface area contributed by atoms with Crippen LogP contribution in [0.2, 0.25) is 0 Å². The van der Waals surface area contributed by atoms with Gasteiger partial charge < -0.3 is 5.11 Å². The van der Waals surface area contributed by atoms with Gasteiger partial charge in [0.05, 0.1) is 0 Å². The molecule has 1 aromatic rings. The molecule has 0 unspecified atom stereocenters. The maximum Gasteiger partial charge on any atom is 0.119 e. The second kappa shape index (κ2) is 7.33. The SMILES string of the molecule is CCCCC(C)(C)c1ccc(O)c(C(C)(C)CCCC)c1. The Morgan fingerprint density at radius 3 is 1.90 bits per heavy atom. The molecule has 1 aromatic carbocycles. The van der Waals surface area contributed by atoms with E-state index < -0.39 is 0 Å². The molecule has 1 rings (SSSR count). The zero-order valence-electron chi connectivity index (χ0n) is 14.9. The van der Waals surface area contributed by atoms with E-state index in [9.17, 15) is 5.11 Å². The first-order chi connectivity index (χ1) is 9.74. The molecule has 120 valence electrons. The van der Waals surface area contributed by atoms with Crippen molar-refractivity contribution in [2.24, 2.45) is 0 Å². The molecule has 0 amide bonds. The Bertz CT molecular complexity index is 443. The molecule has 0 saturated heterocycles. The Morgan fingerprint density at radius 1 is 0.857 bits per heavy atom. The van der Waals surface area contributed by atoms with E-state index in [1.165, 1.54) is 37.7 Å². The highest BCUT2D eigenvalue weighted by atomic mass is 16.3. The van der Waals surface area contributed by atoms with Gasteiger partial charge in [-0.05, 0) is 40.9 Å². The zero-order valence-corrected chi connectivity index (χ0v) is 14.9. The van der Waals surface area contributed by atoms with Crippen molar-refractivity contribution in [3.8, 4) is 5.75 Å². The molecule has 0 fully saturated rings. The lowest BCUT2D eigenvalue weighted by Gasteiger charge is -2.30. The van der Waals surface area contributed by atoms with Crippen molar-refractivity contribution in [1.29, 1.82) is 0 Å². The van der Waals surface area contributed by atoms with Gasteiger partial charge in [0.15, 0.2) is 0 Å². The number of hydrogen-bond donors (Lipinski definition) is 1. The van der Waals surface area contributed by atoms with Crippen molar-refractivity contribution in [3.63, 3.8) is 0 Å². The van der Waals surface area contributed by atoms with Crippen LogP contribution in [0.1, 0.15) is 91.2 Å². The van der Waals surface area contributed by atoms with Crippen LogP contribution >= 0.6 is 0 Å². The van der Waals surface area contributed by atoms with Gasteiger partial charge in [0.1, 0.15) is 5.75 Å². The van der Waals surface area contributed by atoms with Crippen LogP contribution in [0.5, 0.6) is 5.75 Å². The molecular formula is C20H34O. The van der Waals surface area contributed by atoms with E-state index in [0.717, 1.165) is 12.0 Å². The summed E-state index contributed by atoms with van der Waals surface area (Å²) >= 11 is 0. The highest BCUT2D eigenvalue weighted by Gasteiger charge is 2.27. The predicted octanol–water partition coefficient (Wildman–Crippen LogP) is 6.33. The number of benzene rings is 1. The molecule has 1 nitrogen and oxygen atoms in total. The van der Waals surface area contributed by atoms with Crippen molar-refractivity contribution >= 4 is 0 Å². The average Bonchev–Trinajstić information content (AvgIpc) is 2.43. The second-order valence-electron chi connectivity index (χ2n) is 7.71. The zero-order chi connectivity index (χ0) is 16.1.